The molecule has 1 atom stereocenters. The van der Waals surface area contributed by atoms with E-state index in [0.29, 0.717) is 12.2 Å². The summed E-state index contributed by atoms with van der Waals surface area (Å²) in [6, 6.07) is 3.67. The number of hydrogen-bond acceptors (Lipinski definition) is 2. The Kier molecular flexibility index (Phi) is 1.79. The van der Waals surface area contributed by atoms with Gasteiger partial charge in [-0.3, -0.25) is 4.79 Å². The number of hydrogen-bond donors (Lipinski definition) is 0. The Morgan fingerprint density at radius 2 is 2.38 bits per heavy atom. The van der Waals surface area contributed by atoms with Crippen molar-refractivity contribution in [3.63, 3.8) is 0 Å². The van der Waals surface area contributed by atoms with Crippen molar-refractivity contribution in [2.75, 3.05) is 0 Å². The van der Waals surface area contributed by atoms with Crippen LogP contribution in [0.2, 0.25) is 0 Å². The van der Waals surface area contributed by atoms with Crippen LogP contribution in [0.1, 0.15) is 26.0 Å². The van der Waals surface area contributed by atoms with Gasteiger partial charge in [0.2, 0.25) is 0 Å². The lowest BCUT2D eigenvalue weighted by Crippen LogP contribution is -2.08. The minimum Gasteiger partial charge on any atom is -0.469 e. The predicted molar refractivity (Wildman–Crippen MR) is 49.3 cm³/mol. The van der Waals surface area contributed by atoms with E-state index in [4.69, 9.17) is 4.42 Å². The van der Waals surface area contributed by atoms with Gasteiger partial charge in [0.15, 0.2) is 0 Å². The number of Topliss-reactive ketones (excluding diaryl/α,β-unsaturated/α-hetero) is 1. The molecule has 1 fully saturated rings. The van der Waals surface area contributed by atoms with Crippen LogP contribution in [0.5, 0.6) is 0 Å². The molecule has 1 saturated carbocycles. The lowest BCUT2D eigenvalue weighted by atomic mass is 10.0. The zero-order valence-corrected chi connectivity index (χ0v) is 8.04. The van der Waals surface area contributed by atoms with Crippen LogP contribution >= 0.6 is 0 Å². The van der Waals surface area contributed by atoms with E-state index in [-0.39, 0.29) is 11.3 Å². The van der Waals surface area contributed by atoms with Crippen molar-refractivity contribution < 1.29 is 9.21 Å². The van der Waals surface area contributed by atoms with Gasteiger partial charge in [-0.1, -0.05) is 13.8 Å². The van der Waals surface area contributed by atoms with Gasteiger partial charge in [0.25, 0.3) is 0 Å². The Balaban J connectivity index is 1.94. The molecule has 0 spiro atoms. The van der Waals surface area contributed by atoms with Crippen LogP contribution in [0.15, 0.2) is 22.8 Å². The number of ketones is 1. The van der Waals surface area contributed by atoms with Crippen molar-refractivity contribution in [1.82, 2.24) is 0 Å². The lowest BCUT2D eigenvalue weighted by molar-refractivity contribution is -0.120. The van der Waals surface area contributed by atoms with Crippen molar-refractivity contribution in [3.8, 4) is 0 Å². The summed E-state index contributed by atoms with van der Waals surface area (Å²) in [6.07, 6.45) is 3.11. The molecule has 0 bridgehead atoms. The van der Waals surface area contributed by atoms with Crippen LogP contribution in [0.4, 0.5) is 0 Å². The number of rotatable bonds is 3. The summed E-state index contributed by atoms with van der Waals surface area (Å²) in [4.78, 5) is 11.6. The molecule has 0 aliphatic heterocycles. The Hall–Kier alpha value is -1.05. The summed E-state index contributed by atoms with van der Waals surface area (Å²) in [5.41, 5.74) is 0.240. The largest absolute Gasteiger partial charge is 0.469 e. The van der Waals surface area contributed by atoms with Crippen molar-refractivity contribution in [3.05, 3.63) is 24.2 Å². The molecule has 1 aromatic heterocycles. The minimum atomic E-state index is 0.240. The minimum absolute atomic E-state index is 0.240. The highest BCUT2D eigenvalue weighted by Gasteiger charge is 2.49. The molecule has 0 amide bonds. The van der Waals surface area contributed by atoms with E-state index in [1.807, 2.05) is 12.1 Å². The third kappa shape index (κ3) is 1.67. The fraction of sp³-hybridized carbons (Fsp3) is 0.545. The summed E-state index contributed by atoms with van der Waals surface area (Å²) >= 11 is 0. The molecule has 2 heteroatoms. The van der Waals surface area contributed by atoms with Gasteiger partial charge < -0.3 is 4.42 Å². The Bertz CT molecular complexity index is 309. The highest BCUT2D eigenvalue weighted by molar-refractivity contribution is 5.86. The van der Waals surface area contributed by atoms with Gasteiger partial charge in [-0.2, -0.15) is 0 Å². The first-order valence-electron chi connectivity index (χ1n) is 4.65. The van der Waals surface area contributed by atoms with E-state index in [9.17, 15) is 4.79 Å². The molecule has 1 aliphatic carbocycles. The van der Waals surface area contributed by atoms with E-state index in [0.717, 1.165) is 12.2 Å². The number of carbonyl (C=O) groups is 1. The summed E-state index contributed by atoms with van der Waals surface area (Å²) in [5.74, 6) is 1.37. The average molecular weight is 178 g/mol. The molecule has 1 heterocycles. The first-order chi connectivity index (χ1) is 6.09. The van der Waals surface area contributed by atoms with Crippen molar-refractivity contribution in [2.24, 2.45) is 11.3 Å². The second kappa shape index (κ2) is 2.72. The highest BCUT2D eigenvalue weighted by atomic mass is 16.3. The van der Waals surface area contributed by atoms with Gasteiger partial charge >= 0.3 is 0 Å². The molecule has 0 saturated heterocycles. The Labute approximate surface area is 77.9 Å². The number of furan rings is 1. The van der Waals surface area contributed by atoms with Crippen molar-refractivity contribution >= 4 is 5.78 Å². The predicted octanol–water partition coefficient (Wildman–Crippen LogP) is 2.44. The molecule has 1 aromatic rings. The molecule has 70 valence electrons. The van der Waals surface area contributed by atoms with Gasteiger partial charge in [-0.25, -0.2) is 0 Å². The zero-order valence-electron chi connectivity index (χ0n) is 8.04. The van der Waals surface area contributed by atoms with Crippen LogP contribution in [0.3, 0.4) is 0 Å². The first kappa shape index (κ1) is 8.54. The van der Waals surface area contributed by atoms with Crippen LogP contribution in [-0.4, -0.2) is 5.78 Å². The maximum absolute atomic E-state index is 11.6. The SMILES string of the molecule is CC1(C)CC1C(=O)Cc1ccco1. The molecule has 0 radical (unpaired) electrons. The van der Waals surface area contributed by atoms with Gasteiger partial charge in [0.05, 0.1) is 12.7 Å². The summed E-state index contributed by atoms with van der Waals surface area (Å²) in [6.45, 7) is 4.27. The second-order valence-electron chi connectivity index (χ2n) is 4.47. The van der Waals surface area contributed by atoms with Crippen LogP contribution in [0, 0.1) is 11.3 Å². The van der Waals surface area contributed by atoms with E-state index >= 15 is 0 Å². The lowest BCUT2D eigenvalue weighted by Gasteiger charge is -2.00. The van der Waals surface area contributed by atoms with Gasteiger partial charge in [0, 0.05) is 5.92 Å². The quantitative estimate of drug-likeness (QED) is 0.711. The van der Waals surface area contributed by atoms with Crippen molar-refractivity contribution in [1.29, 1.82) is 0 Å². The Morgan fingerprint density at radius 3 is 2.85 bits per heavy atom. The fourth-order valence-corrected chi connectivity index (χ4v) is 1.72. The summed E-state index contributed by atoms with van der Waals surface area (Å²) < 4.78 is 5.13. The highest BCUT2D eigenvalue weighted by Crippen LogP contribution is 2.52. The molecule has 2 rings (SSSR count). The van der Waals surface area contributed by atoms with E-state index in [2.05, 4.69) is 13.8 Å². The Morgan fingerprint density at radius 1 is 1.69 bits per heavy atom. The molecule has 1 unspecified atom stereocenters. The van der Waals surface area contributed by atoms with Crippen LogP contribution in [-0.2, 0) is 11.2 Å². The maximum atomic E-state index is 11.6. The fourth-order valence-electron chi connectivity index (χ4n) is 1.72. The first-order valence-corrected chi connectivity index (χ1v) is 4.65. The van der Waals surface area contributed by atoms with Gasteiger partial charge in [0.1, 0.15) is 11.5 Å². The third-order valence-electron chi connectivity index (χ3n) is 2.83. The standard InChI is InChI=1S/C11H14O2/c1-11(2)7-9(11)10(12)6-8-4-3-5-13-8/h3-5,9H,6-7H2,1-2H3. The normalized spacial score (nSPS) is 24.3. The molecule has 13 heavy (non-hydrogen) atoms. The molecule has 1 aliphatic rings. The third-order valence-corrected chi connectivity index (χ3v) is 2.83. The monoisotopic (exact) mass is 178 g/mol. The zero-order chi connectivity index (χ0) is 9.47. The second-order valence-corrected chi connectivity index (χ2v) is 4.47. The number of carbonyl (C=O) groups excluding carboxylic acids is 1. The average Bonchev–Trinajstić information content (AvgIpc) is 2.49. The van der Waals surface area contributed by atoms with E-state index in [1.165, 1.54) is 0 Å². The topological polar surface area (TPSA) is 30.2 Å². The molecule has 0 N–H and O–H groups in total. The van der Waals surface area contributed by atoms with Gasteiger partial charge in [-0.05, 0) is 24.0 Å². The van der Waals surface area contributed by atoms with Gasteiger partial charge in [-0.15, -0.1) is 0 Å². The molecular formula is C11H14O2. The van der Waals surface area contributed by atoms with Crippen LogP contribution in [0.25, 0.3) is 0 Å². The van der Waals surface area contributed by atoms with Crippen molar-refractivity contribution in [2.45, 2.75) is 26.7 Å². The van der Waals surface area contributed by atoms with E-state index < -0.39 is 0 Å². The molecule has 0 aromatic carbocycles. The summed E-state index contributed by atoms with van der Waals surface area (Å²) in [7, 11) is 0. The van der Waals surface area contributed by atoms with E-state index in [1.54, 1.807) is 6.26 Å². The maximum Gasteiger partial charge on any atom is 0.144 e. The summed E-state index contributed by atoms with van der Waals surface area (Å²) in [5, 5.41) is 0. The molecular weight excluding hydrogens is 164 g/mol. The smallest absolute Gasteiger partial charge is 0.144 e. The van der Waals surface area contributed by atoms with Crippen LogP contribution < -0.4 is 0 Å². The molecule has 2 nitrogen and oxygen atoms in total.